The molecule has 2 aliphatic rings. The van der Waals surface area contributed by atoms with E-state index in [2.05, 4.69) is 4.98 Å². The zero-order valence-corrected chi connectivity index (χ0v) is 16.3. The highest BCUT2D eigenvalue weighted by molar-refractivity contribution is 5.69. The highest BCUT2D eigenvalue weighted by Crippen LogP contribution is 2.45. The standard InChI is InChI=1S/C22H23F3N2O3/c23-22(24,25)19-11-16(9-10-26-19)21(29)12-17-7-4-8-18(13-21)27(17)20(28)30-14-15-5-2-1-3-6-15/h1-3,5-6,9-11,17-18,29H,4,7-8,12-14H2. The van der Waals surface area contributed by atoms with Crippen LogP contribution in [-0.2, 0) is 23.1 Å². The van der Waals surface area contributed by atoms with Gasteiger partial charge in [-0.1, -0.05) is 30.3 Å². The molecule has 3 heterocycles. The number of ether oxygens (including phenoxy) is 1. The summed E-state index contributed by atoms with van der Waals surface area (Å²) in [5.74, 6) is 0. The number of nitrogens with zero attached hydrogens (tertiary/aromatic N) is 2. The van der Waals surface area contributed by atoms with E-state index < -0.39 is 23.6 Å². The maximum atomic E-state index is 13.1. The Morgan fingerprint density at radius 2 is 1.83 bits per heavy atom. The summed E-state index contributed by atoms with van der Waals surface area (Å²) < 4.78 is 44.7. The smallest absolute Gasteiger partial charge is 0.433 e. The molecule has 1 amide bonds. The molecule has 2 atom stereocenters. The Morgan fingerprint density at radius 1 is 1.17 bits per heavy atom. The molecule has 5 nitrogen and oxygen atoms in total. The highest BCUT2D eigenvalue weighted by atomic mass is 19.4. The first-order valence-electron chi connectivity index (χ1n) is 10.0. The average molecular weight is 420 g/mol. The molecule has 4 rings (SSSR count). The van der Waals surface area contributed by atoms with Crippen LogP contribution in [0.15, 0.2) is 48.7 Å². The van der Waals surface area contributed by atoms with Gasteiger partial charge < -0.3 is 14.7 Å². The summed E-state index contributed by atoms with van der Waals surface area (Å²) in [5.41, 5.74) is -1.39. The fourth-order valence-electron chi connectivity index (χ4n) is 4.63. The lowest BCUT2D eigenvalue weighted by Gasteiger charge is -2.51. The van der Waals surface area contributed by atoms with Gasteiger partial charge in [-0.15, -0.1) is 0 Å². The molecule has 2 aromatic rings. The third-order valence-electron chi connectivity index (χ3n) is 6.01. The maximum absolute atomic E-state index is 13.1. The van der Waals surface area contributed by atoms with E-state index in [1.165, 1.54) is 6.07 Å². The van der Waals surface area contributed by atoms with Gasteiger partial charge in [-0.3, -0.25) is 4.98 Å². The Morgan fingerprint density at radius 3 is 2.47 bits per heavy atom. The topological polar surface area (TPSA) is 62.7 Å². The summed E-state index contributed by atoms with van der Waals surface area (Å²) in [6.07, 6.45) is -1.35. The zero-order chi connectivity index (χ0) is 21.4. The van der Waals surface area contributed by atoms with Crippen LogP contribution in [-0.4, -0.2) is 33.2 Å². The number of aliphatic hydroxyl groups is 1. The third-order valence-corrected chi connectivity index (χ3v) is 6.01. The molecule has 1 aromatic carbocycles. The SMILES string of the molecule is O=C(OCc1ccccc1)N1C2CCCC1CC(O)(c1ccnc(C(F)(F)F)c1)C2. The van der Waals surface area contributed by atoms with Gasteiger partial charge in [-0.05, 0) is 42.5 Å². The summed E-state index contributed by atoms with van der Waals surface area (Å²) in [6.45, 7) is 0.152. The molecule has 0 radical (unpaired) electrons. The van der Waals surface area contributed by atoms with E-state index in [1.807, 2.05) is 30.3 Å². The molecule has 30 heavy (non-hydrogen) atoms. The number of hydrogen-bond donors (Lipinski definition) is 1. The molecule has 1 aromatic heterocycles. The van der Waals surface area contributed by atoms with E-state index in [4.69, 9.17) is 4.74 Å². The van der Waals surface area contributed by atoms with Crippen LogP contribution < -0.4 is 0 Å². The van der Waals surface area contributed by atoms with Gasteiger partial charge in [-0.2, -0.15) is 13.2 Å². The van der Waals surface area contributed by atoms with Crippen LogP contribution in [0.25, 0.3) is 0 Å². The van der Waals surface area contributed by atoms with E-state index in [0.29, 0.717) is 12.8 Å². The second-order valence-electron chi connectivity index (χ2n) is 8.05. The number of carbonyl (C=O) groups excluding carboxylic acids is 1. The van der Waals surface area contributed by atoms with Crippen molar-refractivity contribution in [3.05, 3.63) is 65.5 Å². The average Bonchev–Trinajstić information content (AvgIpc) is 2.72. The zero-order valence-electron chi connectivity index (χ0n) is 16.3. The van der Waals surface area contributed by atoms with Gasteiger partial charge in [-0.25, -0.2) is 4.79 Å². The number of fused-ring (bicyclic) bond motifs is 2. The summed E-state index contributed by atoms with van der Waals surface area (Å²) in [7, 11) is 0. The first-order chi connectivity index (χ1) is 14.3. The molecule has 160 valence electrons. The van der Waals surface area contributed by atoms with Crippen molar-refractivity contribution >= 4 is 6.09 Å². The van der Waals surface area contributed by atoms with Crippen molar-refractivity contribution in [3.8, 4) is 0 Å². The first kappa shape index (κ1) is 20.7. The molecule has 0 saturated carbocycles. The van der Waals surface area contributed by atoms with Crippen molar-refractivity contribution in [2.45, 2.75) is 62.6 Å². The molecule has 0 spiro atoms. The van der Waals surface area contributed by atoms with E-state index in [9.17, 15) is 23.1 Å². The van der Waals surface area contributed by atoms with Crippen LogP contribution in [0, 0.1) is 0 Å². The normalized spacial score (nSPS) is 26.3. The lowest BCUT2D eigenvalue weighted by Crippen LogP contribution is -2.58. The van der Waals surface area contributed by atoms with Gasteiger partial charge in [0.2, 0.25) is 0 Å². The maximum Gasteiger partial charge on any atom is 0.433 e. The molecule has 8 heteroatoms. The predicted octanol–water partition coefficient (Wildman–Crippen LogP) is 4.64. The number of alkyl halides is 3. The van der Waals surface area contributed by atoms with Crippen molar-refractivity contribution < 1.29 is 27.8 Å². The number of rotatable bonds is 3. The number of aromatic nitrogens is 1. The minimum atomic E-state index is -4.58. The molecule has 0 aliphatic carbocycles. The van der Waals surface area contributed by atoms with Gasteiger partial charge in [0.25, 0.3) is 0 Å². The number of piperidine rings is 2. The van der Waals surface area contributed by atoms with Crippen LogP contribution in [0.2, 0.25) is 0 Å². The lowest BCUT2D eigenvalue weighted by molar-refractivity contribution is -0.141. The molecular formula is C22H23F3N2O3. The minimum Gasteiger partial charge on any atom is -0.445 e. The van der Waals surface area contributed by atoms with Crippen molar-refractivity contribution in [2.75, 3.05) is 0 Å². The van der Waals surface area contributed by atoms with Crippen LogP contribution in [0.5, 0.6) is 0 Å². The fraction of sp³-hybridized carbons (Fsp3) is 0.455. The molecule has 1 N–H and O–H groups in total. The Hall–Kier alpha value is -2.61. The van der Waals surface area contributed by atoms with E-state index >= 15 is 0 Å². The van der Waals surface area contributed by atoms with Crippen LogP contribution >= 0.6 is 0 Å². The largest absolute Gasteiger partial charge is 0.445 e. The van der Waals surface area contributed by atoms with Gasteiger partial charge >= 0.3 is 12.3 Å². The number of hydrogen-bond acceptors (Lipinski definition) is 4. The van der Waals surface area contributed by atoms with Crippen molar-refractivity contribution in [1.29, 1.82) is 0 Å². The molecule has 2 unspecified atom stereocenters. The summed E-state index contributed by atoms with van der Waals surface area (Å²) in [5, 5.41) is 11.3. The number of pyridine rings is 1. The fourth-order valence-corrected chi connectivity index (χ4v) is 4.63. The minimum absolute atomic E-state index is 0.152. The van der Waals surface area contributed by atoms with Gasteiger partial charge in [0, 0.05) is 31.1 Å². The second-order valence-corrected chi connectivity index (χ2v) is 8.05. The Labute approximate surface area is 172 Å². The number of benzene rings is 1. The quantitative estimate of drug-likeness (QED) is 0.786. The highest BCUT2D eigenvalue weighted by Gasteiger charge is 2.49. The number of carbonyl (C=O) groups is 1. The monoisotopic (exact) mass is 420 g/mol. The van der Waals surface area contributed by atoms with Crippen LogP contribution in [0.1, 0.15) is 48.9 Å². The molecule has 2 bridgehead atoms. The summed E-state index contributed by atoms with van der Waals surface area (Å²) in [4.78, 5) is 17.8. The van der Waals surface area contributed by atoms with Gasteiger partial charge in [0.1, 0.15) is 12.3 Å². The predicted molar refractivity (Wildman–Crippen MR) is 102 cm³/mol. The van der Waals surface area contributed by atoms with Crippen LogP contribution in [0.3, 0.4) is 0 Å². The lowest BCUT2D eigenvalue weighted by atomic mass is 9.73. The van der Waals surface area contributed by atoms with Crippen molar-refractivity contribution in [2.24, 2.45) is 0 Å². The number of halogens is 3. The Bertz CT molecular complexity index is 890. The van der Waals surface area contributed by atoms with Gasteiger partial charge in [0.05, 0.1) is 5.60 Å². The van der Waals surface area contributed by atoms with Crippen molar-refractivity contribution in [3.63, 3.8) is 0 Å². The second kappa shape index (κ2) is 7.91. The Kier molecular flexibility index (Phi) is 5.44. The first-order valence-corrected chi connectivity index (χ1v) is 10.0. The van der Waals surface area contributed by atoms with Crippen molar-refractivity contribution in [1.82, 2.24) is 9.88 Å². The van der Waals surface area contributed by atoms with Gasteiger partial charge in [0.15, 0.2) is 0 Å². The van der Waals surface area contributed by atoms with E-state index in [-0.39, 0.29) is 37.1 Å². The molecular weight excluding hydrogens is 397 g/mol. The Balaban J connectivity index is 1.51. The van der Waals surface area contributed by atoms with E-state index in [1.54, 1.807) is 4.90 Å². The third kappa shape index (κ3) is 4.14. The van der Waals surface area contributed by atoms with E-state index in [0.717, 1.165) is 24.2 Å². The molecule has 2 fully saturated rings. The molecule has 2 aliphatic heterocycles. The number of amides is 1. The summed E-state index contributed by atoms with van der Waals surface area (Å²) >= 11 is 0. The van der Waals surface area contributed by atoms with Crippen LogP contribution in [0.4, 0.5) is 18.0 Å². The summed E-state index contributed by atoms with van der Waals surface area (Å²) in [6, 6.07) is 11.1. The molecule has 2 saturated heterocycles.